The Kier molecular flexibility index (Phi) is 6.08. The first-order valence-electron chi connectivity index (χ1n) is 8.42. The zero-order valence-electron chi connectivity index (χ0n) is 15.1. The van der Waals surface area contributed by atoms with Gasteiger partial charge in [0, 0.05) is 6.42 Å². The zero-order valence-corrected chi connectivity index (χ0v) is 16.1. The third kappa shape index (κ3) is 4.07. The molecule has 0 saturated heterocycles. The summed E-state index contributed by atoms with van der Waals surface area (Å²) in [4.78, 5) is 10.9. The van der Waals surface area contributed by atoms with Gasteiger partial charge < -0.3 is 9.22 Å². The Morgan fingerprint density at radius 1 is 0.923 bits per heavy atom. The quantitative estimate of drug-likeness (QED) is 0.558. The van der Waals surface area contributed by atoms with Crippen molar-refractivity contribution in [2.24, 2.45) is 0 Å². The Labute approximate surface area is 153 Å². The molecule has 0 bridgehead atoms. The topological polar surface area (TPSA) is 26.3 Å². The van der Waals surface area contributed by atoms with E-state index in [1.807, 2.05) is 57.2 Å². The standard InChI is InChI=1S/C20H23F3O2Si/c1-19(2,3)26(16-10-6-4-7-11-16,17-12-8-5-9-13-17)25-18(14-15-24)20(21,22)23/h4-13,15,18H,14H2,1-3H3/t18-/m0/s1. The summed E-state index contributed by atoms with van der Waals surface area (Å²) in [5.41, 5.74) is 0. The van der Waals surface area contributed by atoms with E-state index in [2.05, 4.69) is 0 Å². The normalized spacial score (nSPS) is 14.1. The van der Waals surface area contributed by atoms with Gasteiger partial charge in [0.05, 0.1) is 0 Å². The molecule has 0 aromatic heterocycles. The van der Waals surface area contributed by atoms with Crippen LogP contribution in [-0.2, 0) is 9.22 Å². The second kappa shape index (κ2) is 7.76. The fourth-order valence-electron chi connectivity index (χ4n) is 3.24. The lowest BCUT2D eigenvalue weighted by atomic mass is 10.2. The summed E-state index contributed by atoms with van der Waals surface area (Å²) in [5, 5.41) is 0.917. The molecule has 2 aromatic carbocycles. The van der Waals surface area contributed by atoms with Gasteiger partial charge in [-0.25, -0.2) is 0 Å². The van der Waals surface area contributed by atoms with Crippen molar-refractivity contribution < 1.29 is 22.4 Å². The van der Waals surface area contributed by atoms with Crippen LogP contribution in [-0.4, -0.2) is 26.9 Å². The van der Waals surface area contributed by atoms with Crippen LogP contribution in [0.25, 0.3) is 0 Å². The number of aldehydes is 1. The summed E-state index contributed by atoms with van der Waals surface area (Å²) in [5.74, 6) is 0. The van der Waals surface area contributed by atoms with E-state index >= 15 is 0 Å². The van der Waals surface area contributed by atoms with Crippen molar-refractivity contribution >= 4 is 25.0 Å². The van der Waals surface area contributed by atoms with Gasteiger partial charge in [0.2, 0.25) is 0 Å². The summed E-state index contributed by atoms with van der Waals surface area (Å²) in [7, 11) is -3.34. The minimum atomic E-state index is -4.62. The summed E-state index contributed by atoms with van der Waals surface area (Å²) < 4.78 is 46.7. The maximum absolute atomic E-state index is 13.6. The molecule has 0 fully saturated rings. The number of alkyl halides is 3. The highest BCUT2D eigenvalue weighted by atomic mass is 28.4. The number of hydrogen-bond acceptors (Lipinski definition) is 2. The second-order valence-electron chi connectivity index (χ2n) is 7.21. The van der Waals surface area contributed by atoms with Crippen molar-refractivity contribution in [1.29, 1.82) is 0 Å². The van der Waals surface area contributed by atoms with Crippen LogP contribution in [0.2, 0.25) is 5.04 Å². The van der Waals surface area contributed by atoms with Crippen LogP contribution >= 0.6 is 0 Å². The monoisotopic (exact) mass is 380 g/mol. The molecular weight excluding hydrogens is 357 g/mol. The fraction of sp³-hybridized carbons (Fsp3) is 0.350. The van der Waals surface area contributed by atoms with E-state index in [1.165, 1.54) is 0 Å². The third-order valence-electron chi connectivity index (χ3n) is 4.41. The fourth-order valence-corrected chi connectivity index (χ4v) is 7.91. The van der Waals surface area contributed by atoms with Crippen LogP contribution in [0, 0.1) is 0 Å². The Bertz CT molecular complexity index is 670. The molecule has 26 heavy (non-hydrogen) atoms. The van der Waals surface area contributed by atoms with Gasteiger partial charge in [0.25, 0.3) is 8.32 Å². The van der Waals surface area contributed by atoms with E-state index < -0.39 is 32.1 Å². The molecule has 140 valence electrons. The summed E-state index contributed by atoms with van der Waals surface area (Å²) in [6.07, 6.45) is -7.19. The van der Waals surface area contributed by atoms with E-state index in [4.69, 9.17) is 4.43 Å². The molecule has 1 atom stereocenters. The van der Waals surface area contributed by atoms with Crippen molar-refractivity contribution in [3.8, 4) is 0 Å². The van der Waals surface area contributed by atoms with Crippen LogP contribution in [0.15, 0.2) is 60.7 Å². The molecule has 0 aliphatic carbocycles. The summed E-state index contributed by atoms with van der Waals surface area (Å²) >= 11 is 0. The smallest absolute Gasteiger partial charge is 0.395 e. The Hall–Kier alpha value is -1.92. The van der Waals surface area contributed by atoms with Crippen molar-refractivity contribution in [2.45, 2.75) is 44.5 Å². The summed E-state index contributed by atoms with van der Waals surface area (Å²) in [6, 6.07) is 18.1. The molecule has 0 saturated carbocycles. The van der Waals surface area contributed by atoms with Gasteiger partial charge in [0.1, 0.15) is 12.4 Å². The van der Waals surface area contributed by atoms with Crippen molar-refractivity contribution in [3.63, 3.8) is 0 Å². The third-order valence-corrected chi connectivity index (χ3v) is 9.45. The molecule has 2 aromatic rings. The van der Waals surface area contributed by atoms with E-state index in [9.17, 15) is 18.0 Å². The predicted molar refractivity (Wildman–Crippen MR) is 99.2 cm³/mol. The molecule has 6 heteroatoms. The number of benzene rings is 2. The molecule has 0 aliphatic rings. The largest absolute Gasteiger partial charge is 0.413 e. The predicted octanol–water partition coefficient (Wildman–Crippen LogP) is 4.08. The van der Waals surface area contributed by atoms with Crippen LogP contribution in [0.3, 0.4) is 0 Å². The number of carbonyl (C=O) groups excluding carboxylic acids is 1. The molecule has 0 radical (unpaired) electrons. The highest BCUT2D eigenvalue weighted by Gasteiger charge is 2.55. The molecule has 0 N–H and O–H groups in total. The minimum absolute atomic E-state index is 0.274. The van der Waals surface area contributed by atoms with Crippen molar-refractivity contribution in [3.05, 3.63) is 60.7 Å². The maximum Gasteiger partial charge on any atom is 0.413 e. The average molecular weight is 380 g/mol. The lowest BCUT2D eigenvalue weighted by molar-refractivity contribution is -0.198. The Morgan fingerprint density at radius 2 is 1.35 bits per heavy atom. The first kappa shape index (κ1) is 20.4. The minimum Gasteiger partial charge on any atom is -0.395 e. The van der Waals surface area contributed by atoms with E-state index in [0.717, 1.165) is 10.4 Å². The maximum atomic E-state index is 13.6. The van der Waals surface area contributed by atoms with Crippen LogP contribution in [0.5, 0.6) is 0 Å². The van der Waals surface area contributed by atoms with Gasteiger partial charge in [-0.2, -0.15) is 13.2 Å². The molecule has 2 nitrogen and oxygen atoms in total. The number of halogens is 3. The van der Waals surface area contributed by atoms with Gasteiger partial charge in [-0.05, 0) is 15.4 Å². The van der Waals surface area contributed by atoms with Crippen LogP contribution < -0.4 is 10.4 Å². The molecule has 0 spiro atoms. The van der Waals surface area contributed by atoms with E-state index in [-0.39, 0.29) is 6.29 Å². The lowest BCUT2D eigenvalue weighted by Gasteiger charge is -2.45. The molecule has 2 rings (SSSR count). The van der Waals surface area contributed by atoms with Gasteiger partial charge in [-0.3, -0.25) is 0 Å². The summed E-state index contributed by atoms with van der Waals surface area (Å²) in [6.45, 7) is 5.69. The lowest BCUT2D eigenvalue weighted by Crippen LogP contribution is -2.68. The number of hydrogen-bond donors (Lipinski definition) is 0. The number of rotatable bonds is 6. The van der Waals surface area contributed by atoms with Crippen LogP contribution in [0.1, 0.15) is 27.2 Å². The van der Waals surface area contributed by atoms with Gasteiger partial charge in [-0.15, -0.1) is 0 Å². The molecule has 0 amide bonds. The SMILES string of the molecule is CC(C)(C)[Si](O[C@@H](CC=O)C(F)(F)F)(c1ccccc1)c1ccccc1. The highest BCUT2D eigenvalue weighted by molar-refractivity contribution is 6.99. The van der Waals surface area contributed by atoms with Crippen molar-refractivity contribution in [2.75, 3.05) is 0 Å². The first-order valence-corrected chi connectivity index (χ1v) is 10.3. The van der Waals surface area contributed by atoms with E-state index in [1.54, 1.807) is 24.3 Å². The molecule has 0 heterocycles. The Morgan fingerprint density at radius 3 is 1.65 bits per heavy atom. The Balaban J connectivity index is 2.73. The number of carbonyl (C=O) groups is 1. The van der Waals surface area contributed by atoms with Gasteiger partial charge in [-0.1, -0.05) is 81.4 Å². The first-order chi connectivity index (χ1) is 12.1. The van der Waals surface area contributed by atoms with Crippen molar-refractivity contribution in [1.82, 2.24) is 0 Å². The highest BCUT2D eigenvalue weighted by Crippen LogP contribution is 2.40. The zero-order chi connectivity index (χ0) is 19.4. The van der Waals surface area contributed by atoms with Gasteiger partial charge >= 0.3 is 6.18 Å². The molecule has 0 aliphatic heterocycles. The van der Waals surface area contributed by atoms with Crippen LogP contribution in [0.4, 0.5) is 13.2 Å². The van der Waals surface area contributed by atoms with E-state index in [0.29, 0.717) is 0 Å². The van der Waals surface area contributed by atoms with Gasteiger partial charge in [0.15, 0.2) is 0 Å². The average Bonchev–Trinajstić information content (AvgIpc) is 2.58. The molecular formula is C20H23F3O2Si. The second-order valence-corrected chi connectivity index (χ2v) is 11.5. The molecule has 0 unspecified atom stereocenters.